The number of hydrogen-bond donors (Lipinski definition) is 4. The van der Waals surface area contributed by atoms with Crippen molar-refractivity contribution in [2.24, 2.45) is 0 Å². The van der Waals surface area contributed by atoms with E-state index in [0.717, 1.165) is 17.4 Å². The fourth-order valence-corrected chi connectivity index (χ4v) is 5.16. The number of hydrogen-bond acceptors (Lipinski definition) is 9. The van der Waals surface area contributed by atoms with Crippen molar-refractivity contribution in [2.45, 2.75) is 28.5 Å². The van der Waals surface area contributed by atoms with Crippen molar-refractivity contribution in [2.75, 3.05) is 25.2 Å². The molecule has 0 bridgehead atoms. The number of carboxylic acids is 1. The van der Waals surface area contributed by atoms with Gasteiger partial charge in [0, 0.05) is 12.8 Å². The summed E-state index contributed by atoms with van der Waals surface area (Å²) in [6.45, 7) is 0.0726. The zero-order valence-electron chi connectivity index (χ0n) is 20.0. The molecule has 198 valence electrons. The lowest BCUT2D eigenvalue weighted by Gasteiger charge is -2.21. The third kappa shape index (κ3) is 7.49. The van der Waals surface area contributed by atoms with Gasteiger partial charge in [-0.25, -0.2) is 21.8 Å². The number of sulfone groups is 1. The summed E-state index contributed by atoms with van der Waals surface area (Å²) in [4.78, 5) is 15.4. The average molecular weight is 550 g/mol. The van der Waals surface area contributed by atoms with Gasteiger partial charge in [-0.1, -0.05) is 24.3 Å². The Bertz CT molecular complexity index is 1420. The molecule has 1 heterocycles. The van der Waals surface area contributed by atoms with Gasteiger partial charge in [0.1, 0.15) is 11.8 Å². The number of nitrogens with one attached hydrogen (secondary N) is 2. The lowest BCUT2D eigenvalue weighted by molar-refractivity contribution is -0.141. The normalized spacial score (nSPS) is 13.5. The maximum absolute atomic E-state index is 12.8. The molecule has 0 fully saturated rings. The minimum atomic E-state index is -4.25. The molecule has 1 aromatic heterocycles. The smallest absolute Gasteiger partial charge is 0.324 e. The highest BCUT2D eigenvalue weighted by Gasteiger charge is 2.31. The standard InChI is InChI=1S/C24H27N3O8S2/c1-35-19-8-3-16(4-9-19)17-5-10-20(11-6-17)37(33,34)27-23(24(29)30)21(28)13-14-25-18-7-12-22(26-15-18)36(2,31)32/h3-12,15,21,23,25,27-28H,13-14H2,1-2H3,(H,29,30)/t21-,23-/m1/s1. The molecular formula is C24H27N3O8S2. The van der Waals surface area contributed by atoms with Crippen LogP contribution >= 0.6 is 0 Å². The number of aliphatic carboxylic acids is 1. The summed E-state index contributed by atoms with van der Waals surface area (Å²) in [6.07, 6.45) is 0.641. The summed E-state index contributed by atoms with van der Waals surface area (Å²) in [6, 6.07) is 14.1. The van der Waals surface area contributed by atoms with Crippen molar-refractivity contribution in [3.05, 3.63) is 66.9 Å². The predicted octanol–water partition coefficient (Wildman–Crippen LogP) is 1.76. The summed E-state index contributed by atoms with van der Waals surface area (Å²) in [7, 11) is -6.15. The van der Waals surface area contributed by atoms with Gasteiger partial charge < -0.3 is 20.3 Å². The van der Waals surface area contributed by atoms with E-state index in [2.05, 4.69) is 15.0 Å². The monoisotopic (exact) mass is 549 g/mol. The number of methoxy groups -OCH3 is 1. The zero-order chi connectivity index (χ0) is 27.2. The van der Waals surface area contributed by atoms with E-state index in [1.165, 1.54) is 30.5 Å². The molecule has 0 radical (unpaired) electrons. The van der Waals surface area contributed by atoms with Crippen LogP contribution in [0.2, 0.25) is 0 Å². The van der Waals surface area contributed by atoms with Crippen LogP contribution in [0.3, 0.4) is 0 Å². The van der Waals surface area contributed by atoms with Gasteiger partial charge >= 0.3 is 5.97 Å². The number of rotatable bonds is 12. The van der Waals surface area contributed by atoms with Crippen molar-refractivity contribution in [3.8, 4) is 16.9 Å². The Morgan fingerprint density at radius 2 is 1.57 bits per heavy atom. The lowest BCUT2D eigenvalue weighted by Crippen LogP contribution is -2.49. The maximum Gasteiger partial charge on any atom is 0.324 e. The second kappa shape index (κ2) is 11.7. The van der Waals surface area contributed by atoms with E-state index in [4.69, 9.17) is 4.74 Å². The molecule has 0 amide bonds. The highest BCUT2D eigenvalue weighted by Crippen LogP contribution is 2.24. The van der Waals surface area contributed by atoms with E-state index >= 15 is 0 Å². The number of nitrogens with zero attached hydrogens (tertiary/aromatic N) is 1. The van der Waals surface area contributed by atoms with Crippen LogP contribution in [0.25, 0.3) is 11.1 Å². The van der Waals surface area contributed by atoms with Crippen LogP contribution in [-0.4, -0.2) is 70.1 Å². The molecule has 3 aromatic rings. The van der Waals surface area contributed by atoms with Crippen LogP contribution in [0, 0.1) is 0 Å². The molecule has 0 saturated carbocycles. The fraction of sp³-hybridized carbons (Fsp3) is 0.250. The Balaban J connectivity index is 1.63. The van der Waals surface area contributed by atoms with Gasteiger partial charge in [0.15, 0.2) is 14.9 Å². The molecule has 0 unspecified atom stereocenters. The number of aliphatic hydroxyl groups excluding tert-OH is 1. The Labute approximate surface area is 215 Å². The minimum Gasteiger partial charge on any atom is -0.497 e. The van der Waals surface area contributed by atoms with Crippen molar-refractivity contribution < 1.29 is 36.6 Å². The number of pyridine rings is 1. The van der Waals surface area contributed by atoms with Crippen LogP contribution < -0.4 is 14.8 Å². The SMILES string of the molecule is COc1ccc(-c2ccc(S(=O)(=O)N[C@@H](C(=O)O)[C@H](O)CCNc3ccc(S(C)(=O)=O)nc3)cc2)cc1. The molecule has 0 aliphatic carbocycles. The van der Waals surface area contributed by atoms with Crippen LogP contribution in [-0.2, 0) is 24.7 Å². The highest BCUT2D eigenvalue weighted by atomic mass is 32.2. The summed E-state index contributed by atoms with van der Waals surface area (Å²) < 4.78 is 55.8. The number of ether oxygens (including phenoxy) is 1. The second-order valence-corrected chi connectivity index (χ2v) is 11.8. The van der Waals surface area contributed by atoms with E-state index in [9.17, 15) is 31.8 Å². The van der Waals surface area contributed by atoms with Gasteiger partial charge in [0.25, 0.3) is 0 Å². The Hall–Kier alpha value is -3.52. The van der Waals surface area contributed by atoms with Crippen molar-refractivity contribution >= 4 is 31.5 Å². The predicted molar refractivity (Wildman–Crippen MR) is 137 cm³/mol. The van der Waals surface area contributed by atoms with E-state index in [1.54, 1.807) is 31.4 Å². The third-order valence-corrected chi connectivity index (χ3v) is 7.86. The Morgan fingerprint density at radius 1 is 0.973 bits per heavy atom. The van der Waals surface area contributed by atoms with Gasteiger partial charge in [-0.05, 0) is 53.9 Å². The maximum atomic E-state index is 12.8. The van der Waals surface area contributed by atoms with Crippen molar-refractivity contribution in [3.63, 3.8) is 0 Å². The molecular weight excluding hydrogens is 522 g/mol. The third-order valence-electron chi connectivity index (χ3n) is 5.41. The van der Waals surface area contributed by atoms with E-state index < -0.39 is 38.0 Å². The molecule has 2 atom stereocenters. The number of carboxylic acid groups (broad SMARTS) is 1. The molecule has 37 heavy (non-hydrogen) atoms. The molecule has 0 spiro atoms. The molecule has 0 saturated heterocycles. The zero-order valence-corrected chi connectivity index (χ0v) is 21.7. The number of anilines is 1. The minimum absolute atomic E-state index is 0.0726. The molecule has 0 aliphatic heterocycles. The molecule has 4 N–H and O–H groups in total. The van der Waals surface area contributed by atoms with E-state index in [1.807, 2.05) is 12.1 Å². The highest BCUT2D eigenvalue weighted by molar-refractivity contribution is 7.90. The van der Waals surface area contributed by atoms with Gasteiger partial charge in [0.2, 0.25) is 10.0 Å². The van der Waals surface area contributed by atoms with Crippen LogP contribution in [0.5, 0.6) is 5.75 Å². The Morgan fingerprint density at radius 3 is 2.05 bits per heavy atom. The van der Waals surface area contributed by atoms with Gasteiger partial charge in [-0.3, -0.25) is 4.79 Å². The fourth-order valence-electron chi connectivity index (χ4n) is 3.37. The largest absolute Gasteiger partial charge is 0.497 e. The first kappa shape index (κ1) is 28.1. The van der Waals surface area contributed by atoms with Crippen molar-refractivity contribution in [1.29, 1.82) is 0 Å². The summed E-state index contributed by atoms with van der Waals surface area (Å²) >= 11 is 0. The lowest BCUT2D eigenvalue weighted by atomic mass is 10.1. The molecule has 0 aliphatic rings. The number of aliphatic hydroxyl groups is 1. The number of sulfonamides is 1. The first-order valence-electron chi connectivity index (χ1n) is 11.0. The summed E-state index contributed by atoms with van der Waals surface area (Å²) in [5.74, 6) is -0.854. The van der Waals surface area contributed by atoms with Gasteiger partial charge in [-0.15, -0.1) is 0 Å². The average Bonchev–Trinajstić information content (AvgIpc) is 2.87. The first-order chi connectivity index (χ1) is 17.4. The first-order valence-corrected chi connectivity index (χ1v) is 14.4. The van der Waals surface area contributed by atoms with Crippen LogP contribution in [0.15, 0.2) is 76.8 Å². The molecule has 13 heteroatoms. The van der Waals surface area contributed by atoms with Gasteiger partial charge in [0.05, 0.1) is 30.0 Å². The molecule has 3 rings (SSSR count). The summed E-state index contributed by atoms with van der Waals surface area (Å²) in [5, 5.41) is 22.7. The number of benzene rings is 2. The van der Waals surface area contributed by atoms with Crippen molar-refractivity contribution in [1.82, 2.24) is 9.71 Å². The van der Waals surface area contributed by atoms with Gasteiger partial charge in [-0.2, -0.15) is 4.72 Å². The molecule has 2 aromatic carbocycles. The quantitative estimate of drug-likeness (QED) is 0.261. The topological polar surface area (TPSA) is 172 Å². The number of aromatic nitrogens is 1. The van der Waals surface area contributed by atoms with E-state index in [-0.39, 0.29) is 22.9 Å². The Kier molecular flexibility index (Phi) is 8.86. The summed E-state index contributed by atoms with van der Waals surface area (Å²) in [5.41, 5.74) is 2.04. The van der Waals surface area contributed by atoms with Crippen LogP contribution in [0.1, 0.15) is 6.42 Å². The van der Waals surface area contributed by atoms with E-state index in [0.29, 0.717) is 11.4 Å². The molecule has 11 nitrogen and oxygen atoms in total. The second-order valence-electron chi connectivity index (χ2n) is 8.13. The number of carbonyl (C=O) groups is 1. The van der Waals surface area contributed by atoms with Crippen LogP contribution in [0.4, 0.5) is 5.69 Å².